The molecule has 1 amide bonds. The van der Waals surface area contributed by atoms with E-state index in [0.29, 0.717) is 26.5 Å². The van der Waals surface area contributed by atoms with E-state index >= 15 is 0 Å². The summed E-state index contributed by atoms with van der Waals surface area (Å²) < 4.78 is 20.4. The summed E-state index contributed by atoms with van der Waals surface area (Å²) in [6.45, 7) is 0. The van der Waals surface area contributed by atoms with Crippen LogP contribution in [-0.4, -0.2) is 26.8 Å². The van der Waals surface area contributed by atoms with Crippen LogP contribution in [0.15, 0.2) is 56.6 Å². The Labute approximate surface area is 169 Å². The van der Waals surface area contributed by atoms with Gasteiger partial charge in [0.05, 0.1) is 16.0 Å². The summed E-state index contributed by atoms with van der Waals surface area (Å²) >= 11 is 5.72. The maximum Gasteiger partial charge on any atom is 0.277 e. The number of rotatable bonds is 5. The smallest absolute Gasteiger partial charge is 0.277 e. The zero-order chi connectivity index (χ0) is 18.8. The van der Waals surface area contributed by atoms with Gasteiger partial charge in [0.25, 0.3) is 5.22 Å². The number of halogens is 2. The Morgan fingerprint density at radius 2 is 2.04 bits per heavy atom. The number of anilines is 1. The zero-order valence-electron chi connectivity index (χ0n) is 13.5. The second-order valence-corrected chi connectivity index (χ2v) is 8.22. The van der Waals surface area contributed by atoms with Crippen LogP contribution in [0.2, 0.25) is 0 Å². The van der Waals surface area contributed by atoms with Gasteiger partial charge < -0.3 is 9.73 Å². The third-order valence-electron chi connectivity index (χ3n) is 3.42. The van der Waals surface area contributed by atoms with E-state index < -0.39 is 0 Å². The van der Waals surface area contributed by atoms with Crippen molar-refractivity contribution in [3.63, 3.8) is 0 Å². The van der Waals surface area contributed by atoms with Gasteiger partial charge in [0.15, 0.2) is 5.13 Å². The normalized spacial score (nSPS) is 11.0. The number of carbonyl (C=O) groups is 1. The Morgan fingerprint density at radius 3 is 2.85 bits per heavy atom. The highest BCUT2D eigenvalue weighted by Crippen LogP contribution is 2.27. The maximum atomic E-state index is 13.2. The van der Waals surface area contributed by atoms with Gasteiger partial charge in [-0.1, -0.05) is 39.0 Å². The molecular formula is C17H10BrFN4O2S2. The van der Waals surface area contributed by atoms with Gasteiger partial charge in [-0.3, -0.25) is 4.79 Å². The minimum atomic E-state index is -0.336. The van der Waals surface area contributed by atoms with Crippen LogP contribution in [0.25, 0.3) is 21.7 Å². The van der Waals surface area contributed by atoms with E-state index in [1.165, 1.54) is 23.5 Å². The summed E-state index contributed by atoms with van der Waals surface area (Å²) in [4.78, 5) is 16.4. The lowest BCUT2D eigenvalue weighted by atomic mass is 10.2. The molecule has 0 aliphatic carbocycles. The van der Waals surface area contributed by atoms with Crippen LogP contribution in [0.5, 0.6) is 0 Å². The molecule has 0 atom stereocenters. The second kappa shape index (κ2) is 7.75. The number of nitrogens with one attached hydrogen (secondary N) is 1. The van der Waals surface area contributed by atoms with E-state index in [9.17, 15) is 9.18 Å². The molecule has 10 heteroatoms. The van der Waals surface area contributed by atoms with E-state index in [1.807, 2.05) is 24.3 Å². The van der Waals surface area contributed by atoms with Crippen molar-refractivity contribution in [2.45, 2.75) is 5.22 Å². The van der Waals surface area contributed by atoms with E-state index in [0.717, 1.165) is 21.8 Å². The molecule has 4 aromatic rings. The molecule has 0 bridgehead atoms. The van der Waals surface area contributed by atoms with Crippen LogP contribution < -0.4 is 5.32 Å². The molecule has 0 radical (unpaired) electrons. The van der Waals surface area contributed by atoms with Crippen molar-refractivity contribution in [1.82, 2.24) is 15.2 Å². The maximum absolute atomic E-state index is 13.2. The predicted octanol–water partition coefficient (Wildman–Crippen LogP) is 4.98. The Balaban J connectivity index is 1.36. The first-order valence-electron chi connectivity index (χ1n) is 7.65. The fourth-order valence-corrected chi connectivity index (χ4v) is 3.95. The van der Waals surface area contributed by atoms with E-state index in [4.69, 9.17) is 4.42 Å². The monoisotopic (exact) mass is 464 g/mol. The van der Waals surface area contributed by atoms with Crippen molar-refractivity contribution in [3.8, 4) is 11.5 Å². The van der Waals surface area contributed by atoms with E-state index in [2.05, 4.69) is 36.4 Å². The summed E-state index contributed by atoms with van der Waals surface area (Å²) in [6, 6.07) is 11.8. The first kappa shape index (κ1) is 18.1. The van der Waals surface area contributed by atoms with Crippen LogP contribution in [0, 0.1) is 5.82 Å². The zero-order valence-corrected chi connectivity index (χ0v) is 16.7. The Kier molecular flexibility index (Phi) is 5.19. The molecule has 0 unspecified atom stereocenters. The minimum Gasteiger partial charge on any atom is -0.411 e. The first-order chi connectivity index (χ1) is 13.1. The van der Waals surface area contributed by atoms with Crippen molar-refractivity contribution >= 4 is 60.3 Å². The van der Waals surface area contributed by atoms with Crippen molar-refractivity contribution < 1.29 is 13.6 Å². The number of hydrogen-bond donors (Lipinski definition) is 1. The summed E-state index contributed by atoms with van der Waals surface area (Å²) in [7, 11) is 0. The van der Waals surface area contributed by atoms with Gasteiger partial charge in [-0.25, -0.2) is 9.37 Å². The average Bonchev–Trinajstić information content (AvgIpc) is 3.26. The lowest BCUT2D eigenvalue weighted by molar-refractivity contribution is -0.113. The molecular weight excluding hydrogens is 455 g/mol. The highest BCUT2D eigenvalue weighted by molar-refractivity contribution is 9.10. The average molecular weight is 465 g/mol. The molecule has 2 heterocycles. The fourth-order valence-electron chi connectivity index (χ4n) is 2.21. The molecule has 1 N–H and O–H groups in total. The lowest BCUT2D eigenvalue weighted by Crippen LogP contribution is -2.13. The third-order valence-corrected chi connectivity index (χ3v) is 5.70. The van der Waals surface area contributed by atoms with Gasteiger partial charge in [0.2, 0.25) is 11.8 Å². The molecule has 0 aliphatic rings. The van der Waals surface area contributed by atoms with Crippen molar-refractivity contribution in [1.29, 1.82) is 0 Å². The van der Waals surface area contributed by atoms with Crippen LogP contribution >= 0.6 is 39.0 Å². The SMILES string of the molecule is O=C(CSc1nnc(-c2ccc(Br)cc2)o1)Nc1nc2ccc(F)cc2s1. The molecule has 6 nitrogen and oxygen atoms in total. The van der Waals surface area contributed by atoms with Gasteiger partial charge in [0.1, 0.15) is 5.82 Å². The number of thioether (sulfide) groups is 1. The number of thiazole rings is 1. The fraction of sp³-hybridized carbons (Fsp3) is 0.0588. The Morgan fingerprint density at radius 1 is 1.22 bits per heavy atom. The Hall–Kier alpha value is -2.30. The second-order valence-electron chi connectivity index (χ2n) is 5.35. The molecule has 0 fully saturated rings. The summed E-state index contributed by atoms with van der Waals surface area (Å²) in [6.07, 6.45) is 0. The van der Waals surface area contributed by atoms with Crippen LogP contribution in [-0.2, 0) is 4.79 Å². The molecule has 4 rings (SSSR count). The number of carbonyl (C=O) groups excluding carboxylic acids is 1. The topological polar surface area (TPSA) is 80.9 Å². The van der Waals surface area contributed by atoms with Crippen molar-refractivity contribution in [2.75, 3.05) is 11.1 Å². The number of nitrogens with zero attached hydrogens (tertiary/aromatic N) is 3. The van der Waals surface area contributed by atoms with Gasteiger partial charge in [0, 0.05) is 10.0 Å². The highest BCUT2D eigenvalue weighted by atomic mass is 79.9. The summed E-state index contributed by atoms with van der Waals surface area (Å²) in [5.74, 6) is -0.120. The largest absolute Gasteiger partial charge is 0.411 e. The summed E-state index contributed by atoms with van der Waals surface area (Å²) in [5.41, 5.74) is 1.43. The van der Waals surface area contributed by atoms with Crippen molar-refractivity contribution in [2.24, 2.45) is 0 Å². The summed E-state index contributed by atoms with van der Waals surface area (Å²) in [5, 5.41) is 11.3. The highest BCUT2D eigenvalue weighted by Gasteiger charge is 2.13. The van der Waals surface area contributed by atoms with Crippen LogP contribution in [0.4, 0.5) is 9.52 Å². The van der Waals surface area contributed by atoms with Gasteiger partial charge in [-0.05, 0) is 42.5 Å². The molecule has 0 aliphatic heterocycles. The lowest BCUT2D eigenvalue weighted by Gasteiger charge is -1.98. The molecule has 27 heavy (non-hydrogen) atoms. The van der Waals surface area contributed by atoms with E-state index in [-0.39, 0.29) is 17.5 Å². The van der Waals surface area contributed by atoms with Crippen molar-refractivity contribution in [3.05, 3.63) is 52.8 Å². The molecule has 0 spiro atoms. The van der Waals surface area contributed by atoms with E-state index in [1.54, 1.807) is 6.07 Å². The first-order valence-corrected chi connectivity index (χ1v) is 10.2. The van der Waals surface area contributed by atoms with Gasteiger partial charge >= 0.3 is 0 Å². The number of hydrogen-bond acceptors (Lipinski definition) is 7. The Bertz CT molecular complexity index is 1110. The molecule has 2 aromatic heterocycles. The van der Waals surface area contributed by atoms with Crippen LogP contribution in [0.3, 0.4) is 0 Å². The number of benzene rings is 2. The molecule has 2 aromatic carbocycles. The van der Waals surface area contributed by atoms with Gasteiger partial charge in [-0.15, -0.1) is 10.2 Å². The van der Waals surface area contributed by atoms with Gasteiger partial charge in [-0.2, -0.15) is 0 Å². The third kappa shape index (κ3) is 4.34. The number of aromatic nitrogens is 3. The number of amides is 1. The predicted molar refractivity (Wildman–Crippen MR) is 106 cm³/mol. The molecule has 136 valence electrons. The minimum absolute atomic E-state index is 0.0895. The quantitative estimate of drug-likeness (QED) is 0.419. The molecule has 0 saturated heterocycles. The van der Waals surface area contributed by atoms with Crippen LogP contribution in [0.1, 0.15) is 0 Å². The standard InChI is InChI=1S/C17H10BrFN4O2S2/c18-10-3-1-9(2-4-10)15-22-23-17(25-15)26-8-14(24)21-16-20-12-6-5-11(19)7-13(12)27-16/h1-7H,8H2,(H,20,21,24). The number of fused-ring (bicyclic) bond motifs is 1. The molecule has 0 saturated carbocycles.